The lowest BCUT2D eigenvalue weighted by Gasteiger charge is -2.34. The Hall–Kier alpha value is -3.08. The van der Waals surface area contributed by atoms with Crippen molar-refractivity contribution in [2.75, 3.05) is 44.7 Å². The predicted molar refractivity (Wildman–Crippen MR) is 126 cm³/mol. The quantitative estimate of drug-likeness (QED) is 0.552. The number of aromatic nitrogens is 2. The second-order valence-corrected chi connectivity index (χ2v) is 10.4. The van der Waals surface area contributed by atoms with Gasteiger partial charge in [-0.05, 0) is 31.3 Å². The van der Waals surface area contributed by atoms with E-state index < -0.39 is 15.8 Å². The summed E-state index contributed by atoms with van der Waals surface area (Å²) in [4.78, 5) is 14.0. The molecule has 2 aliphatic heterocycles. The molecule has 0 radical (unpaired) electrons. The third kappa shape index (κ3) is 4.48. The summed E-state index contributed by atoms with van der Waals surface area (Å²) in [7, 11) is -1.64. The number of sulfonamides is 1. The zero-order chi connectivity index (χ0) is 23.7. The Kier molecular flexibility index (Phi) is 6.20. The number of anilines is 1. The maximum atomic E-state index is 14.4. The van der Waals surface area contributed by atoms with Gasteiger partial charge in [0.05, 0.1) is 16.2 Å². The Morgan fingerprint density at radius 3 is 2.35 bits per heavy atom. The molecule has 2 aliphatic rings. The van der Waals surface area contributed by atoms with Gasteiger partial charge in [-0.25, -0.2) is 17.8 Å². The van der Waals surface area contributed by atoms with Crippen LogP contribution in [0.1, 0.15) is 11.3 Å². The first kappa shape index (κ1) is 22.7. The van der Waals surface area contributed by atoms with Gasteiger partial charge in [0.25, 0.3) is 0 Å². The van der Waals surface area contributed by atoms with Gasteiger partial charge in [0.1, 0.15) is 0 Å². The predicted octanol–water partition coefficient (Wildman–Crippen LogP) is 2.91. The Morgan fingerprint density at radius 2 is 1.62 bits per heavy atom. The lowest BCUT2D eigenvalue weighted by Crippen LogP contribution is -2.45. The van der Waals surface area contributed by atoms with Gasteiger partial charge in [0.15, 0.2) is 11.6 Å². The highest BCUT2D eigenvalue weighted by atomic mass is 32.2. The van der Waals surface area contributed by atoms with Gasteiger partial charge in [-0.2, -0.15) is 9.29 Å². The van der Waals surface area contributed by atoms with E-state index in [0.29, 0.717) is 24.5 Å². The highest BCUT2D eigenvalue weighted by Gasteiger charge is 2.33. The van der Waals surface area contributed by atoms with Gasteiger partial charge in [-0.3, -0.25) is 0 Å². The molecular formula is C24H26FN5O3S. The fraction of sp³-hybridized carbons (Fsp3) is 0.333. The number of likely N-dealkylation sites (N-methyl/N-ethyl adjacent to an activating group) is 1. The average Bonchev–Trinajstić information content (AvgIpc) is 2.86. The molecule has 2 aromatic carbocycles. The first-order chi connectivity index (χ1) is 16.4. The number of hydrogen-bond acceptors (Lipinski definition) is 7. The molecule has 0 unspecified atom stereocenters. The van der Waals surface area contributed by atoms with E-state index in [4.69, 9.17) is 9.72 Å². The molecule has 3 heterocycles. The number of nitrogens with zero attached hydrogens (tertiary/aromatic N) is 5. The van der Waals surface area contributed by atoms with Crippen molar-refractivity contribution in [3.05, 3.63) is 71.7 Å². The Bertz CT molecular complexity index is 1280. The zero-order valence-corrected chi connectivity index (χ0v) is 19.7. The summed E-state index contributed by atoms with van der Waals surface area (Å²) in [6.07, 6.45) is 0.415. The smallest absolute Gasteiger partial charge is 0.243 e. The molecule has 1 aromatic heterocycles. The molecule has 5 rings (SSSR count). The second-order valence-electron chi connectivity index (χ2n) is 8.48. The number of piperazine rings is 1. The zero-order valence-electron chi connectivity index (χ0n) is 18.9. The van der Waals surface area contributed by atoms with Gasteiger partial charge >= 0.3 is 0 Å². The molecule has 1 saturated heterocycles. The molecular weight excluding hydrogens is 457 g/mol. The Balaban J connectivity index is 1.52. The van der Waals surface area contributed by atoms with Crippen molar-refractivity contribution in [1.82, 2.24) is 19.2 Å². The van der Waals surface area contributed by atoms with Crippen LogP contribution < -0.4 is 9.64 Å². The molecule has 0 aliphatic carbocycles. The standard InChI is InChI=1S/C24H26FN5O3S/c1-28-13-15-29(16-14-28)24-26-21-11-12-30(34(31,32)18-7-3-2-4-8-18)17-19(21)23(27-24)33-22-10-6-5-9-20(22)25/h2-10H,11-17H2,1H3. The summed E-state index contributed by atoms with van der Waals surface area (Å²) in [5.41, 5.74) is 1.29. The van der Waals surface area contributed by atoms with Gasteiger partial charge in [0.2, 0.25) is 21.9 Å². The van der Waals surface area contributed by atoms with Crippen LogP contribution >= 0.6 is 0 Å². The van der Waals surface area contributed by atoms with Crippen LogP contribution in [-0.4, -0.2) is 67.4 Å². The van der Waals surface area contributed by atoms with E-state index in [1.807, 2.05) is 0 Å². The van der Waals surface area contributed by atoms with Crippen molar-refractivity contribution in [2.45, 2.75) is 17.9 Å². The van der Waals surface area contributed by atoms with Gasteiger partial charge in [0, 0.05) is 45.7 Å². The maximum Gasteiger partial charge on any atom is 0.243 e. The molecule has 0 amide bonds. The topological polar surface area (TPSA) is 78.9 Å². The highest BCUT2D eigenvalue weighted by Crippen LogP contribution is 2.34. The second kappa shape index (κ2) is 9.28. The van der Waals surface area contributed by atoms with E-state index in [1.165, 1.54) is 16.4 Å². The van der Waals surface area contributed by atoms with E-state index >= 15 is 0 Å². The molecule has 0 saturated carbocycles. The van der Waals surface area contributed by atoms with E-state index in [1.54, 1.807) is 42.5 Å². The summed E-state index contributed by atoms with van der Waals surface area (Å²) >= 11 is 0. The highest BCUT2D eigenvalue weighted by molar-refractivity contribution is 7.89. The van der Waals surface area contributed by atoms with Crippen molar-refractivity contribution >= 4 is 16.0 Å². The van der Waals surface area contributed by atoms with Crippen LogP contribution in [0.4, 0.5) is 10.3 Å². The summed E-state index contributed by atoms with van der Waals surface area (Å²) in [6, 6.07) is 14.4. The van der Waals surface area contributed by atoms with Crippen LogP contribution in [0.5, 0.6) is 11.6 Å². The molecule has 8 nitrogen and oxygen atoms in total. The van der Waals surface area contributed by atoms with Crippen LogP contribution in [0, 0.1) is 5.82 Å². The van der Waals surface area contributed by atoms with Gasteiger partial charge in [-0.15, -0.1) is 0 Å². The fourth-order valence-corrected chi connectivity index (χ4v) is 5.59. The number of rotatable bonds is 5. The number of ether oxygens (including phenoxy) is 1. The lowest BCUT2D eigenvalue weighted by atomic mass is 10.1. The number of benzene rings is 2. The number of halogens is 1. The Labute approximate surface area is 198 Å². The van der Waals surface area contributed by atoms with Crippen molar-refractivity contribution < 1.29 is 17.5 Å². The number of fused-ring (bicyclic) bond motifs is 1. The minimum absolute atomic E-state index is 0.0377. The first-order valence-corrected chi connectivity index (χ1v) is 12.7. The van der Waals surface area contributed by atoms with Crippen LogP contribution in [0.25, 0.3) is 0 Å². The third-order valence-electron chi connectivity index (χ3n) is 6.19. The average molecular weight is 484 g/mol. The van der Waals surface area contributed by atoms with Crippen molar-refractivity contribution in [2.24, 2.45) is 0 Å². The van der Waals surface area contributed by atoms with E-state index in [0.717, 1.165) is 31.9 Å². The van der Waals surface area contributed by atoms with Crippen LogP contribution in [-0.2, 0) is 23.0 Å². The molecule has 0 bridgehead atoms. The third-order valence-corrected chi connectivity index (χ3v) is 8.05. The molecule has 34 heavy (non-hydrogen) atoms. The molecule has 0 spiro atoms. The minimum atomic E-state index is -3.71. The summed E-state index contributed by atoms with van der Waals surface area (Å²) in [6.45, 7) is 3.65. The monoisotopic (exact) mass is 483 g/mol. The largest absolute Gasteiger partial charge is 0.435 e. The van der Waals surface area contributed by atoms with Gasteiger partial charge < -0.3 is 14.5 Å². The minimum Gasteiger partial charge on any atom is -0.435 e. The Morgan fingerprint density at radius 1 is 0.912 bits per heavy atom. The van der Waals surface area contributed by atoms with E-state index in [-0.39, 0.29) is 23.1 Å². The first-order valence-electron chi connectivity index (χ1n) is 11.2. The molecule has 178 valence electrons. The van der Waals surface area contributed by atoms with Crippen LogP contribution in [0.2, 0.25) is 0 Å². The van der Waals surface area contributed by atoms with Crippen molar-refractivity contribution in [3.63, 3.8) is 0 Å². The van der Waals surface area contributed by atoms with Crippen molar-refractivity contribution in [3.8, 4) is 11.6 Å². The molecule has 3 aromatic rings. The number of para-hydroxylation sites is 1. The molecule has 10 heteroatoms. The van der Waals surface area contributed by atoms with Crippen LogP contribution in [0.15, 0.2) is 59.5 Å². The molecule has 0 N–H and O–H groups in total. The summed E-state index contributed by atoms with van der Waals surface area (Å²) in [5, 5.41) is 0. The summed E-state index contributed by atoms with van der Waals surface area (Å²) in [5.74, 6) is 0.242. The summed E-state index contributed by atoms with van der Waals surface area (Å²) < 4.78 is 48.2. The van der Waals surface area contributed by atoms with Gasteiger partial charge in [-0.1, -0.05) is 30.3 Å². The van der Waals surface area contributed by atoms with Crippen molar-refractivity contribution in [1.29, 1.82) is 0 Å². The lowest BCUT2D eigenvalue weighted by molar-refractivity contribution is 0.309. The van der Waals surface area contributed by atoms with E-state index in [2.05, 4.69) is 21.8 Å². The van der Waals surface area contributed by atoms with Crippen LogP contribution in [0.3, 0.4) is 0 Å². The number of hydrogen-bond donors (Lipinski definition) is 0. The molecule has 1 fully saturated rings. The fourth-order valence-electron chi connectivity index (χ4n) is 4.16. The SMILES string of the molecule is CN1CCN(c2nc3c(c(Oc4ccccc4F)n2)CN(S(=O)(=O)c2ccccc2)CC3)CC1. The maximum absolute atomic E-state index is 14.4. The molecule has 0 atom stereocenters. The normalized spacial score (nSPS) is 17.4. The van der Waals surface area contributed by atoms with E-state index in [9.17, 15) is 12.8 Å².